The number of methoxy groups -OCH3 is 2. The van der Waals surface area contributed by atoms with Crippen LogP contribution in [0.2, 0.25) is 0 Å². The van der Waals surface area contributed by atoms with Crippen molar-refractivity contribution in [2.75, 3.05) is 25.9 Å². The Labute approximate surface area is 162 Å². The van der Waals surface area contributed by atoms with Crippen LogP contribution in [-0.2, 0) is 4.74 Å². The van der Waals surface area contributed by atoms with Crippen LogP contribution in [0.3, 0.4) is 0 Å². The van der Waals surface area contributed by atoms with Crippen LogP contribution >= 0.6 is 22.6 Å². The second-order valence-electron chi connectivity index (χ2n) is 5.46. The van der Waals surface area contributed by atoms with Gasteiger partial charge in [-0.25, -0.2) is 14.4 Å². The van der Waals surface area contributed by atoms with E-state index in [1.54, 1.807) is 23.7 Å². The van der Waals surface area contributed by atoms with E-state index in [1.165, 1.54) is 37.3 Å². The molecule has 0 atom stereocenters. The summed E-state index contributed by atoms with van der Waals surface area (Å²) in [6, 6.07) is 4.17. The summed E-state index contributed by atoms with van der Waals surface area (Å²) in [5, 5.41) is 0. The summed E-state index contributed by atoms with van der Waals surface area (Å²) in [4.78, 5) is 23.1. The van der Waals surface area contributed by atoms with E-state index in [2.05, 4.69) is 32.6 Å². The number of anilines is 1. The number of halogens is 2. The first-order valence-electron chi connectivity index (χ1n) is 7.60. The van der Waals surface area contributed by atoms with E-state index < -0.39 is 5.82 Å². The molecule has 0 saturated heterocycles. The lowest BCUT2D eigenvalue weighted by molar-refractivity contribution is 0.0931. The lowest BCUT2D eigenvalue weighted by Gasteiger charge is -2.22. The van der Waals surface area contributed by atoms with Crippen LogP contribution in [0.4, 0.5) is 10.1 Å². The number of rotatable bonds is 5. The molecule has 0 aliphatic carbocycles. The van der Waals surface area contributed by atoms with Crippen molar-refractivity contribution in [3.05, 3.63) is 51.5 Å². The Hall–Kier alpha value is -2.27. The Morgan fingerprint density at radius 2 is 2.15 bits per heavy atom. The number of aromatic nitrogens is 3. The van der Waals surface area contributed by atoms with Gasteiger partial charge in [-0.1, -0.05) is 0 Å². The summed E-state index contributed by atoms with van der Waals surface area (Å²) in [5.41, 5.74) is 1.99. The molecule has 26 heavy (non-hydrogen) atoms. The fraction of sp³-hybridized carbons (Fsp3) is 0.235. The van der Waals surface area contributed by atoms with Crippen LogP contribution in [0.1, 0.15) is 16.2 Å². The van der Waals surface area contributed by atoms with Crippen LogP contribution in [0.5, 0.6) is 5.75 Å². The van der Waals surface area contributed by atoms with Crippen molar-refractivity contribution in [2.45, 2.75) is 6.92 Å². The van der Waals surface area contributed by atoms with Gasteiger partial charge in [0, 0.05) is 19.4 Å². The van der Waals surface area contributed by atoms with Gasteiger partial charge < -0.3 is 9.47 Å². The van der Waals surface area contributed by atoms with Gasteiger partial charge in [0.25, 0.3) is 5.91 Å². The smallest absolute Gasteiger partial charge is 0.280 e. The highest BCUT2D eigenvalue weighted by atomic mass is 127. The molecule has 3 aromatic rings. The number of amides is 1. The molecular weight excluding hydrogens is 454 g/mol. The number of hydrogen-bond acceptors (Lipinski definition) is 5. The quantitative estimate of drug-likeness (QED) is 0.424. The monoisotopic (exact) mass is 470 g/mol. The molecule has 2 heterocycles. The van der Waals surface area contributed by atoms with E-state index in [-0.39, 0.29) is 24.1 Å². The normalized spacial score (nSPS) is 11.0. The summed E-state index contributed by atoms with van der Waals surface area (Å²) < 4.78 is 26.5. The average Bonchev–Trinajstić information content (AvgIpc) is 3.01. The molecule has 136 valence electrons. The maximum Gasteiger partial charge on any atom is 0.280 e. The van der Waals surface area contributed by atoms with Crippen molar-refractivity contribution in [1.82, 2.24) is 14.4 Å². The largest absolute Gasteiger partial charge is 0.494 e. The van der Waals surface area contributed by atoms with Gasteiger partial charge in [-0.05, 0) is 41.6 Å². The number of imidazole rings is 1. The fourth-order valence-electron chi connectivity index (χ4n) is 2.55. The van der Waals surface area contributed by atoms with Crippen molar-refractivity contribution < 1.29 is 18.7 Å². The number of nitrogens with zero attached hydrogens (tertiary/aromatic N) is 4. The summed E-state index contributed by atoms with van der Waals surface area (Å²) in [6.45, 7) is 1.77. The van der Waals surface area contributed by atoms with Crippen LogP contribution in [0.25, 0.3) is 5.65 Å². The van der Waals surface area contributed by atoms with E-state index in [1.807, 2.05) is 0 Å². The highest BCUT2D eigenvalue weighted by Crippen LogP contribution is 2.26. The van der Waals surface area contributed by atoms with Crippen molar-refractivity contribution in [3.63, 3.8) is 0 Å². The van der Waals surface area contributed by atoms with Gasteiger partial charge in [0.15, 0.2) is 17.2 Å². The molecule has 0 bridgehead atoms. The SMILES string of the molecule is COCN(C(=O)c1cn2c(I)cnc2c(C)n1)c1ccc(F)c(OC)c1. The molecule has 9 heteroatoms. The van der Waals surface area contributed by atoms with E-state index in [0.29, 0.717) is 17.0 Å². The molecule has 0 spiro atoms. The lowest BCUT2D eigenvalue weighted by Crippen LogP contribution is -2.33. The number of benzene rings is 1. The van der Waals surface area contributed by atoms with Gasteiger partial charge >= 0.3 is 0 Å². The van der Waals surface area contributed by atoms with Crippen molar-refractivity contribution in [2.24, 2.45) is 0 Å². The predicted molar refractivity (Wildman–Crippen MR) is 102 cm³/mol. The van der Waals surface area contributed by atoms with Gasteiger partial charge in [-0.3, -0.25) is 14.1 Å². The van der Waals surface area contributed by atoms with Crippen LogP contribution in [0, 0.1) is 16.4 Å². The van der Waals surface area contributed by atoms with Gasteiger partial charge in [-0.15, -0.1) is 0 Å². The van der Waals surface area contributed by atoms with E-state index in [9.17, 15) is 9.18 Å². The zero-order valence-electron chi connectivity index (χ0n) is 14.4. The minimum atomic E-state index is -0.510. The van der Waals surface area contributed by atoms with Gasteiger partial charge in [0.1, 0.15) is 16.1 Å². The number of hydrogen-bond donors (Lipinski definition) is 0. The third-order valence-electron chi connectivity index (χ3n) is 3.78. The van der Waals surface area contributed by atoms with Gasteiger partial charge in [0.05, 0.1) is 24.7 Å². The lowest BCUT2D eigenvalue weighted by atomic mass is 10.2. The highest BCUT2D eigenvalue weighted by Gasteiger charge is 2.22. The standard InChI is InChI=1S/C17H16FIN4O3/c1-10-16-20-7-15(19)22(16)8-13(21-10)17(24)23(9-25-2)11-4-5-12(18)14(6-11)26-3/h4-8H,9H2,1-3H3. The van der Waals surface area contributed by atoms with Gasteiger partial charge in [-0.2, -0.15) is 0 Å². The summed E-state index contributed by atoms with van der Waals surface area (Å²) in [5.74, 6) is -0.848. The molecule has 7 nitrogen and oxygen atoms in total. The molecule has 0 aliphatic rings. The Morgan fingerprint density at radius 1 is 1.38 bits per heavy atom. The molecule has 0 aliphatic heterocycles. The third-order valence-corrected chi connectivity index (χ3v) is 4.58. The first-order chi connectivity index (χ1) is 12.5. The van der Waals surface area contributed by atoms with Crippen LogP contribution < -0.4 is 9.64 Å². The summed E-state index contributed by atoms with van der Waals surface area (Å²) in [7, 11) is 2.84. The molecule has 1 aromatic carbocycles. The Kier molecular flexibility index (Phi) is 5.37. The van der Waals surface area contributed by atoms with Crippen LogP contribution in [0.15, 0.2) is 30.6 Å². The topological polar surface area (TPSA) is 69.0 Å². The van der Waals surface area contributed by atoms with Gasteiger partial charge in [0.2, 0.25) is 0 Å². The second kappa shape index (κ2) is 7.54. The minimum absolute atomic E-state index is 0.0204. The number of carbonyl (C=O) groups excluding carboxylic acids is 1. The minimum Gasteiger partial charge on any atom is -0.494 e. The van der Waals surface area contributed by atoms with Crippen LogP contribution in [-0.4, -0.2) is 41.2 Å². The molecular formula is C17H16FIN4O3. The predicted octanol–water partition coefficient (Wildman–Crippen LogP) is 3.04. The fourth-order valence-corrected chi connectivity index (χ4v) is 3.06. The molecule has 3 rings (SSSR count). The molecule has 1 amide bonds. The van der Waals surface area contributed by atoms with Crippen molar-refractivity contribution >= 4 is 39.8 Å². The maximum atomic E-state index is 13.7. The summed E-state index contributed by atoms with van der Waals surface area (Å²) in [6.07, 6.45) is 3.33. The Balaban J connectivity index is 2.05. The Bertz CT molecular complexity index is 976. The first-order valence-corrected chi connectivity index (χ1v) is 8.68. The van der Waals surface area contributed by atoms with Crippen molar-refractivity contribution in [1.29, 1.82) is 0 Å². The molecule has 0 N–H and O–H groups in total. The molecule has 0 radical (unpaired) electrons. The summed E-state index contributed by atoms with van der Waals surface area (Å²) >= 11 is 2.13. The Morgan fingerprint density at radius 3 is 2.85 bits per heavy atom. The molecule has 0 unspecified atom stereocenters. The number of carbonyl (C=O) groups is 1. The average molecular weight is 470 g/mol. The van der Waals surface area contributed by atoms with E-state index in [4.69, 9.17) is 9.47 Å². The maximum absolute atomic E-state index is 13.7. The third kappa shape index (κ3) is 3.36. The van der Waals surface area contributed by atoms with E-state index >= 15 is 0 Å². The number of aryl methyl sites for hydroxylation is 1. The first kappa shape index (κ1) is 18.5. The number of fused-ring (bicyclic) bond motifs is 1. The zero-order valence-corrected chi connectivity index (χ0v) is 16.5. The van der Waals surface area contributed by atoms with Crippen molar-refractivity contribution in [3.8, 4) is 5.75 Å². The molecule has 0 fully saturated rings. The zero-order chi connectivity index (χ0) is 18.8. The molecule has 2 aromatic heterocycles. The van der Waals surface area contributed by atoms with E-state index in [0.717, 1.165) is 3.70 Å². The highest BCUT2D eigenvalue weighted by molar-refractivity contribution is 14.1. The second-order valence-corrected chi connectivity index (χ2v) is 6.56. The molecule has 0 saturated carbocycles. The number of ether oxygens (including phenoxy) is 2.